The first-order valence-corrected chi connectivity index (χ1v) is 20.2. The SMILES string of the molecule is CCCCCCCCCCCC#Cc1cc2cc3cc4cc5sc(C#CCCCCCCCCCCC)cc5cc4cc3cc2s1. The van der Waals surface area contributed by atoms with Crippen LogP contribution < -0.4 is 0 Å². The van der Waals surface area contributed by atoms with Gasteiger partial charge in [0, 0.05) is 22.2 Å². The van der Waals surface area contributed by atoms with Crippen molar-refractivity contribution in [2.24, 2.45) is 0 Å². The van der Waals surface area contributed by atoms with E-state index in [1.807, 2.05) is 22.7 Å². The number of benzene rings is 3. The Bertz CT molecular complexity index is 1570. The highest BCUT2D eigenvalue weighted by molar-refractivity contribution is 7.20. The van der Waals surface area contributed by atoms with Crippen molar-refractivity contribution in [1.29, 1.82) is 0 Å². The summed E-state index contributed by atoms with van der Waals surface area (Å²) in [6, 6.07) is 18.7. The van der Waals surface area contributed by atoms with Crippen molar-refractivity contribution in [3.05, 3.63) is 58.3 Å². The Morgan fingerprint density at radius 2 is 0.696 bits per heavy atom. The maximum atomic E-state index is 3.47. The van der Waals surface area contributed by atoms with Crippen molar-refractivity contribution in [3.63, 3.8) is 0 Å². The summed E-state index contributed by atoms with van der Waals surface area (Å²) >= 11 is 3.67. The molecule has 5 rings (SSSR count). The van der Waals surface area contributed by atoms with E-state index in [0.29, 0.717) is 0 Å². The second kappa shape index (κ2) is 19.1. The van der Waals surface area contributed by atoms with Gasteiger partial charge >= 0.3 is 0 Å². The van der Waals surface area contributed by atoms with E-state index in [1.165, 1.54) is 167 Å². The summed E-state index contributed by atoms with van der Waals surface area (Å²) in [4.78, 5) is 2.38. The Morgan fingerprint density at radius 3 is 1.09 bits per heavy atom. The first-order valence-electron chi connectivity index (χ1n) is 18.6. The van der Waals surface area contributed by atoms with Crippen LogP contribution in [0, 0.1) is 23.7 Å². The molecule has 2 heterocycles. The second-order valence-electron chi connectivity index (χ2n) is 13.3. The fourth-order valence-corrected chi connectivity index (χ4v) is 8.48. The zero-order valence-corrected chi connectivity index (χ0v) is 30.2. The third-order valence-electron chi connectivity index (χ3n) is 9.30. The van der Waals surface area contributed by atoms with Gasteiger partial charge in [-0.15, -0.1) is 22.7 Å². The van der Waals surface area contributed by atoms with E-state index in [9.17, 15) is 0 Å². The number of thiophene rings is 2. The average Bonchev–Trinajstić information content (AvgIpc) is 3.65. The predicted molar refractivity (Wildman–Crippen MR) is 210 cm³/mol. The highest BCUT2D eigenvalue weighted by Crippen LogP contribution is 2.35. The van der Waals surface area contributed by atoms with Gasteiger partial charge in [-0.3, -0.25) is 0 Å². The quantitative estimate of drug-likeness (QED) is 0.0505. The molecule has 0 spiro atoms. The molecule has 242 valence electrons. The molecule has 0 fully saturated rings. The third kappa shape index (κ3) is 10.6. The van der Waals surface area contributed by atoms with Gasteiger partial charge in [0.15, 0.2) is 0 Å². The van der Waals surface area contributed by atoms with Gasteiger partial charge in [-0.1, -0.05) is 140 Å². The minimum absolute atomic E-state index is 1.02. The maximum Gasteiger partial charge on any atom is 0.0781 e. The first kappa shape index (κ1) is 34.6. The minimum Gasteiger partial charge on any atom is -0.127 e. The van der Waals surface area contributed by atoms with Crippen LogP contribution in [0.15, 0.2) is 48.5 Å². The van der Waals surface area contributed by atoms with Gasteiger partial charge in [-0.2, -0.15) is 0 Å². The summed E-state index contributed by atoms with van der Waals surface area (Å²) in [5, 5.41) is 7.86. The van der Waals surface area contributed by atoms with Crippen LogP contribution in [0.3, 0.4) is 0 Å². The van der Waals surface area contributed by atoms with Crippen LogP contribution in [0.2, 0.25) is 0 Å². The van der Waals surface area contributed by atoms with Gasteiger partial charge in [0.1, 0.15) is 0 Å². The number of rotatable bonds is 18. The van der Waals surface area contributed by atoms with E-state index in [0.717, 1.165) is 12.8 Å². The van der Waals surface area contributed by atoms with E-state index in [4.69, 9.17) is 0 Å². The highest BCUT2D eigenvalue weighted by Gasteiger charge is 2.07. The lowest BCUT2D eigenvalue weighted by atomic mass is 10.0. The molecular formula is C44H54S2. The molecule has 0 amide bonds. The van der Waals surface area contributed by atoms with Crippen molar-refractivity contribution in [2.75, 3.05) is 0 Å². The largest absolute Gasteiger partial charge is 0.127 e. The highest BCUT2D eigenvalue weighted by atomic mass is 32.1. The maximum absolute atomic E-state index is 3.47. The molecule has 0 atom stereocenters. The molecule has 0 nitrogen and oxygen atoms in total. The van der Waals surface area contributed by atoms with Gasteiger partial charge in [-0.25, -0.2) is 0 Å². The lowest BCUT2D eigenvalue weighted by molar-refractivity contribution is 0.567. The normalized spacial score (nSPS) is 11.3. The van der Waals surface area contributed by atoms with Gasteiger partial charge in [0.2, 0.25) is 0 Å². The fraction of sp³-hybridized carbons (Fsp3) is 0.500. The van der Waals surface area contributed by atoms with Crippen molar-refractivity contribution in [2.45, 2.75) is 142 Å². The lowest BCUT2D eigenvalue weighted by Crippen LogP contribution is -1.80. The average molecular weight is 647 g/mol. The molecule has 0 aliphatic rings. The smallest absolute Gasteiger partial charge is 0.0781 e. The molecule has 0 bridgehead atoms. The molecule has 0 saturated heterocycles. The van der Waals surface area contributed by atoms with Crippen molar-refractivity contribution < 1.29 is 0 Å². The summed E-state index contributed by atoms with van der Waals surface area (Å²) < 4.78 is 2.67. The van der Waals surface area contributed by atoms with Crippen LogP contribution in [-0.2, 0) is 0 Å². The minimum atomic E-state index is 1.02. The molecule has 46 heavy (non-hydrogen) atoms. The van der Waals surface area contributed by atoms with Crippen LogP contribution in [0.1, 0.15) is 152 Å². The molecule has 0 aliphatic carbocycles. The number of unbranched alkanes of at least 4 members (excludes halogenated alkanes) is 18. The monoisotopic (exact) mass is 646 g/mol. The predicted octanol–water partition coefficient (Wildman–Crippen LogP) is 15.0. The Morgan fingerprint density at radius 1 is 0.370 bits per heavy atom. The zero-order chi connectivity index (χ0) is 31.8. The topological polar surface area (TPSA) is 0 Å². The van der Waals surface area contributed by atoms with E-state index in [2.05, 4.69) is 86.1 Å². The molecule has 2 aromatic heterocycles. The van der Waals surface area contributed by atoms with Crippen molar-refractivity contribution in [3.8, 4) is 23.7 Å². The van der Waals surface area contributed by atoms with Crippen LogP contribution in [0.4, 0.5) is 0 Å². The molecular weight excluding hydrogens is 593 g/mol. The first-order chi connectivity index (χ1) is 22.7. The molecule has 2 heteroatoms. The second-order valence-corrected chi connectivity index (χ2v) is 15.5. The summed E-state index contributed by atoms with van der Waals surface area (Å²) in [5.41, 5.74) is 0. The van der Waals surface area contributed by atoms with Crippen LogP contribution in [0.25, 0.3) is 41.7 Å². The Labute approximate surface area is 287 Å². The third-order valence-corrected chi connectivity index (χ3v) is 11.3. The number of hydrogen-bond acceptors (Lipinski definition) is 2. The molecule has 5 aromatic rings. The van der Waals surface area contributed by atoms with Crippen molar-refractivity contribution in [1.82, 2.24) is 0 Å². The molecule has 0 aliphatic heterocycles. The zero-order valence-electron chi connectivity index (χ0n) is 28.6. The standard InChI is InChI=1S/C44H54S2/c1-3-5-7-9-11-13-15-17-19-21-23-25-41-31-39-29-35-27-38-34-44-40(30-36(38)28-37(35)33-43(39)45-41)32-42(46-44)26-24-22-20-18-16-14-12-10-8-6-4-2/h27-34H,3-22H2,1-2H3. The molecule has 0 N–H and O–H groups in total. The molecule has 0 saturated carbocycles. The number of hydrogen-bond donors (Lipinski definition) is 0. The van der Waals surface area contributed by atoms with E-state index < -0.39 is 0 Å². The van der Waals surface area contributed by atoms with E-state index in [1.54, 1.807) is 0 Å². The Hall–Kier alpha value is -2.78. The van der Waals surface area contributed by atoms with Crippen LogP contribution >= 0.6 is 22.7 Å². The van der Waals surface area contributed by atoms with E-state index >= 15 is 0 Å². The fourth-order valence-electron chi connectivity index (χ4n) is 6.55. The van der Waals surface area contributed by atoms with Gasteiger partial charge in [0.05, 0.1) is 9.75 Å². The summed E-state index contributed by atoms with van der Waals surface area (Å²) in [6.45, 7) is 4.57. The van der Waals surface area contributed by atoms with Crippen LogP contribution in [-0.4, -0.2) is 0 Å². The van der Waals surface area contributed by atoms with Gasteiger partial charge in [-0.05, 0) is 93.7 Å². The van der Waals surface area contributed by atoms with Gasteiger partial charge in [0.25, 0.3) is 0 Å². The lowest BCUT2D eigenvalue weighted by Gasteiger charge is -2.03. The summed E-state index contributed by atoms with van der Waals surface area (Å²) in [6.07, 6.45) is 26.6. The number of fused-ring (bicyclic) bond motifs is 4. The summed E-state index contributed by atoms with van der Waals surface area (Å²) in [5.74, 6) is 13.8. The molecule has 0 unspecified atom stereocenters. The molecule has 0 radical (unpaired) electrons. The van der Waals surface area contributed by atoms with Gasteiger partial charge < -0.3 is 0 Å². The summed E-state index contributed by atoms with van der Waals surface area (Å²) in [7, 11) is 0. The van der Waals surface area contributed by atoms with Crippen molar-refractivity contribution >= 4 is 64.4 Å². The van der Waals surface area contributed by atoms with E-state index in [-0.39, 0.29) is 0 Å². The Kier molecular flexibility index (Phi) is 14.4. The van der Waals surface area contributed by atoms with Crippen LogP contribution in [0.5, 0.6) is 0 Å². The molecule has 3 aromatic carbocycles. The Balaban J connectivity index is 1.13.